The molecule has 0 aromatic carbocycles. The first kappa shape index (κ1) is 9.97. The summed E-state index contributed by atoms with van der Waals surface area (Å²) >= 11 is 3.81. The van der Waals surface area contributed by atoms with Crippen LogP contribution in [0.25, 0.3) is 0 Å². The van der Waals surface area contributed by atoms with Gasteiger partial charge in [-0.25, -0.2) is 0 Å². The molecule has 1 aliphatic rings. The second-order valence-corrected chi connectivity index (χ2v) is 8.49. The van der Waals surface area contributed by atoms with Crippen LogP contribution in [0.15, 0.2) is 0 Å². The summed E-state index contributed by atoms with van der Waals surface area (Å²) in [5, 5.41) is 0. The molecule has 0 aromatic rings. The highest BCUT2D eigenvalue weighted by Gasteiger charge is 2.31. The maximum absolute atomic E-state index is 11.4. The molecule has 0 radical (unpaired) electrons. The fourth-order valence-electron chi connectivity index (χ4n) is 1.47. The number of thiol groups is 1. The lowest BCUT2D eigenvalue weighted by Gasteiger charge is -2.24. The van der Waals surface area contributed by atoms with Gasteiger partial charge in [0.2, 0.25) is 0 Å². The van der Waals surface area contributed by atoms with E-state index >= 15 is 0 Å². The fourth-order valence-corrected chi connectivity index (χ4v) is 4.86. The lowest BCUT2D eigenvalue weighted by molar-refractivity contribution is 0.437. The molecule has 0 amide bonds. The van der Waals surface area contributed by atoms with Crippen molar-refractivity contribution in [1.82, 2.24) is 0 Å². The Hall–Kier alpha value is 0.890. The molecule has 2 nitrogen and oxygen atoms in total. The van der Waals surface area contributed by atoms with Crippen molar-refractivity contribution in [3.63, 3.8) is 0 Å². The number of hydrogen-bond donors (Lipinski definition) is 2. The van der Waals surface area contributed by atoms with Gasteiger partial charge in [0.15, 0.2) is 0 Å². The summed E-state index contributed by atoms with van der Waals surface area (Å²) in [6.45, 7) is -2.97. The van der Waals surface area contributed by atoms with E-state index in [9.17, 15) is 9.46 Å². The molecule has 1 atom stereocenters. The van der Waals surface area contributed by atoms with Crippen LogP contribution in [-0.4, -0.2) is 10.6 Å². The van der Waals surface area contributed by atoms with E-state index in [1.807, 2.05) is 0 Å². The van der Waals surface area contributed by atoms with Gasteiger partial charge in [-0.2, -0.15) is 0 Å². The number of rotatable bonds is 2. The van der Waals surface area contributed by atoms with Crippen molar-refractivity contribution >= 4 is 28.6 Å². The third kappa shape index (κ3) is 2.69. The molecule has 0 aromatic heterocycles. The molecule has 0 bridgehead atoms. The van der Waals surface area contributed by atoms with E-state index in [0.29, 0.717) is 0 Å². The third-order valence-corrected chi connectivity index (χ3v) is 7.53. The van der Waals surface area contributed by atoms with Gasteiger partial charge in [0.25, 0.3) is 6.57 Å². The first-order chi connectivity index (χ1) is 5.17. The zero-order valence-electron chi connectivity index (χ0n) is 6.27. The molecule has 66 valence electrons. The molecule has 0 aliphatic heterocycles. The standard InChI is InChI=1S/C6H13O2PS2/c7-9(8,11-10)6-4-2-1-3-5-6/h6,10H,1-5H2,(H,7,8). The van der Waals surface area contributed by atoms with Gasteiger partial charge < -0.3 is 4.89 Å². The maximum Gasteiger partial charge on any atom is 0.268 e. The summed E-state index contributed by atoms with van der Waals surface area (Å²) in [7, 11) is 0.839. The molecular formula is C6H13O2PS2. The van der Waals surface area contributed by atoms with E-state index in [1.165, 1.54) is 6.42 Å². The van der Waals surface area contributed by atoms with Crippen LogP contribution in [-0.2, 0) is 4.57 Å². The molecule has 11 heavy (non-hydrogen) atoms. The Bertz CT molecular complexity index is 168. The van der Waals surface area contributed by atoms with Gasteiger partial charge in [0.1, 0.15) is 0 Å². The topological polar surface area (TPSA) is 37.3 Å². The monoisotopic (exact) mass is 212 g/mol. The van der Waals surface area contributed by atoms with Gasteiger partial charge in [-0.15, -0.1) is 11.7 Å². The van der Waals surface area contributed by atoms with Crippen LogP contribution in [0.5, 0.6) is 0 Å². The van der Waals surface area contributed by atoms with Crippen LogP contribution in [0.1, 0.15) is 32.1 Å². The minimum Gasteiger partial charge on any atom is -0.336 e. The number of hydrogen-bond acceptors (Lipinski definition) is 3. The van der Waals surface area contributed by atoms with Crippen LogP contribution in [0.2, 0.25) is 0 Å². The van der Waals surface area contributed by atoms with E-state index in [-0.39, 0.29) is 5.66 Å². The molecular weight excluding hydrogens is 199 g/mol. The highest BCUT2D eigenvalue weighted by molar-refractivity contribution is 8.94. The van der Waals surface area contributed by atoms with Crippen molar-refractivity contribution in [1.29, 1.82) is 0 Å². The van der Waals surface area contributed by atoms with Crippen molar-refractivity contribution in [2.75, 3.05) is 0 Å². The highest BCUT2D eigenvalue weighted by Crippen LogP contribution is 2.63. The molecule has 5 heteroatoms. The van der Waals surface area contributed by atoms with Gasteiger partial charge in [-0.05, 0) is 23.3 Å². The molecule has 1 fully saturated rings. The molecule has 1 aliphatic carbocycles. The molecule has 1 saturated carbocycles. The third-order valence-electron chi connectivity index (χ3n) is 2.15. The largest absolute Gasteiger partial charge is 0.336 e. The van der Waals surface area contributed by atoms with Crippen molar-refractivity contribution < 1.29 is 9.46 Å². The second-order valence-electron chi connectivity index (χ2n) is 2.94. The van der Waals surface area contributed by atoms with Crippen molar-refractivity contribution in [3.8, 4) is 0 Å². The van der Waals surface area contributed by atoms with Gasteiger partial charge in [-0.3, -0.25) is 4.57 Å². The van der Waals surface area contributed by atoms with Gasteiger partial charge in [0, 0.05) is 5.66 Å². The van der Waals surface area contributed by atoms with Crippen LogP contribution in [0.3, 0.4) is 0 Å². The summed E-state index contributed by atoms with van der Waals surface area (Å²) in [4.78, 5) is 9.39. The zero-order chi connectivity index (χ0) is 8.32. The Kier molecular flexibility index (Phi) is 3.83. The molecule has 1 unspecified atom stereocenters. The fraction of sp³-hybridized carbons (Fsp3) is 1.00. The van der Waals surface area contributed by atoms with E-state index in [0.717, 1.165) is 36.1 Å². The Labute approximate surface area is 76.2 Å². The minimum atomic E-state index is -2.97. The molecule has 0 spiro atoms. The van der Waals surface area contributed by atoms with Crippen molar-refractivity contribution in [3.05, 3.63) is 0 Å². The lowest BCUT2D eigenvalue weighted by atomic mass is 10.0. The average molecular weight is 212 g/mol. The summed E-state index contributed by atoms with van der Waals surface area (Å²) in [6.07, 6.45) is 5.23. The van der Waals surface area contributed by atoms with E-state index in [4.69, 9.17) is 0 Å². The summed E-state index contributed by atoms with van der Waals surface area (Å²) in [6, 6.07) is 0. The van der Waals surface area contributed by atoms with Crippen molar-refractivity contribution in [2.24, 2.45) is 0 Å². The molecule has 1 N–H and O–H groups in total. The Morgan fingerprint density at radius 3 is 2.36 bits per heavy atom. The van der Waals surface area contributed by atoms with Crippen LogP contribution in [0.4, 0.5) is 0 Å². The Morgan fingerprint density at radius 1 is 1.36 bits per heavy atom. The van der Waals surface area contributed by atoms with Gasteiger partial charge in [-0.1, -0.05) is 19.3 Å². The molecule has 0 heterocycles. The first-order valence-corrected chi connectivity index (χ1v) is 8.03. The average Bonchev–Trinajstić information content (AvgIpc) is 2.06. The van der Waals surface area contributed by atoms with E-state index in [2.05, 4.69) is 11.7 Å². The summed E-state index contributed by atoms with van der Waals surface area (Å²) in [5.41, 5.74) is 0.0127. The smallest absolute Gasteiger partial charge is 0.268 e. The minimum absolute atomic E-state index is 0.0127. The Balaban J connectivity index is 2.51. The normalized spacial score (nSPS) is 26.4. The molecule has 1 rings (SSSR count). The zero-order valence-corrected chi connectivity index (χ0v) is 8.88. The summed E-state index contributed by atoms with van der Waals surface area (Å²) in [5.74, 6) is 0. The lowest BCUT2D eigenvalue weighted by Crippen LogP contribution is -2.10. The van der Waals surface area contributed by atoms with E-state index < -0.39 is 6.57 Å². The predicted molar refractivity (Wildman–Crippen MR) is 53.3 cm³/mol. The SMILES string of the molecule is O=P(O)(SS)C1CCCCC1. The van der Waals surface area contributed by atoms with Gasteiger partial charge in [0.05, 0.1) is 0 Å². The van der Waals surface area contributed by atoms with Crippen LogP contribution >= 0.6 is 28.6 Å². The second kappa shape index (κ2) is 4.22. The maximum atomic E-state index is 11.4. The molecule has 0 saturated heterocycles. The Morgan fingerprint density at radius 2 is 1.91 bits per heavy atom. The predicted octanol–water partition coefficient (Wildman–Crippen LogP) is 3.08. The highest BCUT2D eigenvalue weighted by atomic mass is 33.3. The van der Waals surface area contributed by atoms with Gasteiger partial charge >= 0.3 is 0 Å². The van der Waals surface area contributed by atoms with E-state index in [1.54, 1.807) is 0 Å². The first-order valence-electron chi connectivity index (χ1n) is 3.82. The quantitative estimate of drug-likeness (QED) is 0.419. The summed E-state index contributed by atoms with van der Waals surface area (Å²) < 4.78 is 11.4. The van der Waals surface area contributed by atoms with Crippen molar-refractivity contribution in [2.45, 2.75) is 37.8 Å². The van der Waals surface area contributed by atoms with Crippen LogP contribution in [0, 0.1) is 0 Å². The van der Waals surface area contributed by atoms with Crippen LogP contribution < -0.4 is 0 Å².